The van der Waals surface area contributed by atoms with Crippen molar-refractivity contribution >= 4 is 22.6 Å². The molecule has 0 nitrogen and oxygen atoms in total. The second-order valence-corrected chi connectivity index (χ2v) is 3.63. The third-order valence-corrected chi connectivity index (χ3v) is 2.76. The molecule has 0 aromatic heterocycles. The van der Waals surface area contributed by atoms with Gasteiger partial charge in [-0.3, -0.25) is 0 Å². The number of halogens is 4. The summed E-state index contributed by atoms with van der Waals surface area (Å²) >= 11 is 1.92. The molecule has 0 aliphatic heterocycles. The number of hydrogen-bond acceptors (Lipinski definition) is 0. The topological polar surface area (TPSA) is 0 Å². The highest BCUT2D eigenvalue weighted by atomic mass is 127. The van der Waals surface area contributed by atoms with Crippen LogP contribution in [0.2, 0.25) is 0 Å². The third kappa shape index (κ3) is 1.98. The van der Waals surface area contributed by atoms with Gasteiger partial charge in [0.25, 0.3) is 0 Å². The molecular weight excluding hydrogens is 268 g/mol. The minimum Gasteiger partial charge on any atom is -0.166 e. The zero-order valence-corrected chi connectivity index (χ0v) is 7.95. The van der Waals surface area contributed by atoms with Gasteiger partial charge in [0.2, 0.25) is 0 Å². The molecule has 0 saturated heterocycles. The highest BCUT2D eigenvalue weighted by Gasteiger charge is 2.35. The Labute approximate surface area is 76.3 Å². The summed E-state index contributed by atoms with van der Waals surface area (Å²) in [5.74, 6) is 0. The normalized spacial score (nSPS) is 19.2. The van der Waals surface area contributed by atoms with Gasteiger partial charge in [0.05, 0.1) is 0 Å². The minimum absolute atomic E-state index is 0.0573. The van der Waals surface area contributed by atoms with E-state index >= 15 is 0 Å². The lowest BCUT2D eigenvalue weighted by Gasteiger charge is -2.06. The molecule has 11 heavy (non-hydrogen) atoms. The van der Waals surface area contributed by atoms with Crippen LogP contribution < -0.4 is 0 Å². The monoisotopic (exact) mass is 274 g/mol. The van der Waals surface area contributed by atoms with Gasteiger partial charge in [0.1, 0.15) is 0 Å². The van der Waals surface area contributed by atoms with E-state index < -0.39 is 11.7 Å². The molecule has 0 radical (unpaired) electrons. The molecule has 0 unspecified atom stereocenters. The summed E-state index contributed by atoms with van der Waals surface area (Å²) in [6.07, 6.45) is -2.88. The van der Waals surface area contributed by atoms with Crippen molar-refractivity contribution in [1.82, 2.24) is 0 Å². The van der Waals surface area contributed by atoms with E-state index in [2.05, 4.69) is 0 Å². The summed E-state index contributed by atoms with van der Waals surface area (Å²) in [6.45, 7) is 1.72. The number of rotatable bonds is 0. The van der Waals surface area contributed by atoms with Crippen LogP contribution in [0.25, 0.3) is 0 Å². The van der Waals surface area contributed by atoms with E-state index in [0.29, 0.717) is 0 Å². The first kappa shape index (κ1) is 9.09. The maximum absolute atomic E-state index is 12.0. The molecule has 0 aromatic rings. The molecule has 0 saturated carbocycles. The Balaban J connectivity index is 2.80. The first-order valence-corrected chi connectivity index (χ1v) is 4.12. The van der Waals surface area contributed by atoms with Crippen LogP contribution in [0.1, 0.15) is 13.3 Å². The van der Waals surface area contributed by atoms with Crippen molar-refractivity contribution in [2.45, 2.75) is 19.5 Å². The smallest absolute Gasteiger partial charge is 0.166 e. The van der Waals surface area contributed by atoms with Gasteiger partial charge in [-0.15, -0.1) is 0 Å². The van der Waals surface area contributed by atoms with Crippen LogP contribution in [-0.4, -0.2) is 6.18 Å². The molecule has 0 fully saturated rings. The average Bonchev–Trinajstić information content (AvgIpc) is 2.11. The van der Waals surface area contributed by atoms with Gasteiger partial charge in [-0.2, -0.15) is 13.2 Å². The van der Waals surface area contributed by atoms with E-state index in [4.69, 9.17) is 0 Å². The standard InChI is InChI=1S/C7H6F3I/c1-4-2-5(3-6(4)11)7(8,9)10/h3H,2H2,1H3. The fraction of sp³-hybridized carbons (Fsp3) is 0.429. The van der Waals surface area contributed by atoms with Crippen molar-refractivity contribution in [1.29, 1.82) is 0 Å². The zero-order valence-electron chi connectivity index (χ0n) is 5.80. The highest BCUT2D eigenvalue weighted by Crippen LogP contribution is 2.38. The predicted molar refractivity (Wildman–Crippen MR) is 45.5 cm³/mol. The van der Waals surface area contributed by atoms with Crippen LogP contribution in [0.15, 0.2) is 20.8 Å². The van der Waals surface area contributed by atoms with Crippen molar-refractivity contribution in [2.75, 3.05) is 0 Å². The molecule has 1 aliphatic rings. The van der Waals surface area contributed by atoms with E-state index in [9.17, 15) is 13.2 Å². The average molecular weight is 274 g/mol. The molecule has 0 bridgehead atoms. The summed E-state index contributed by atoms with van der Waals surface area (Å²) in [4.78, 5) is 0. The Hall–Kier alpha value is -0.0000000000000000555. The lowest BCUT2D eigenvalue weighted by molar-refractivity contribution is -0.0927. The van der Waals surface area contributed by atoms with Crippen LogP contribution in [-0.2, 0) is 0 Å². The Morgan fingerprint density at radius 3 is 2.18 bits per heavy atom. The number of allylic oxidation sites excluding steroid dienone is 4. The van der Waals surface area contributed by atoms with E-state index in [0.717, 1.165) is 9.15 Å². The second-order valence-electron chi connectivity index (χ2n) is 2.47. The molecule has 0 atom stereocenters. The summed E-state index contributed by atoms with van der Waals surface area (Å²) in [6, 6.07) is 0. The molecule has 0 N–H and O–H groups in total. The SMILES string of the molecule is CC1=C(I)C=C(C(F)(F)F)C1. The van der Waals surface area contributed by atoms with Crippen molar-refractivity contribution < 1.29 is 13.2 Å². The van der Waals surface area contributed by atoms with Crippen LogP contribution in [0, 0.1) is 0 Å². The van der Waals surface area contributed by atoms with Gasteiger partial charge in [-0.25, -0.2) is 0 Å². The summed E-state index contributed by atoms with van der Waals surface area (Å²) in [5, 5.41) is 0. The molecule has 0 spiro atoms. The van der Waals surface area contributed by atoms with Gasteiger partial charge >= 0.3 is 6.18 Å². The molecule has 1 aliphatic carbocycles. The molecule has 1 rings (SSSR count). The summed E-state index contributed by atoms with van der Waals surface area (Å²) in [5.41, 5.74) is 0.373. The second kappa shape index (κ2) is 2.80. The van der Waals surface area contributed by atoms with Crippen LogP contribution in [0.5, 0.6) is 0 Å². The summed E-state index contributed by atoms with van der Waals surface area (Å²) in [7, 11) is 0. The maximum Gasteiger partial charge on any atom is 0.413 e. The predicted octanol–water partition coefficient (Wildman–Crippen LogP) is 3.59. The van der Waals surface area contributed by atoms with Gasteiger partial charge < -0.3 is 0 Å². The summed E-state index contributed by atoms with van der Waals surface area (Å²) < 4.78 is 36.7. The Bertz CT molecular complexity index is 235. The highest BCUT2D eigenvalue weighted by molar-refractivity contribution is 14.1. The molecule has 0 aromatic carbocycles. The van der Waals surface area contributed by atoms with Crippen molar-refractivity contribution in [3.8, 4) is 0 Å². The van der Waals surface area contributed by atoms with Gasteiger partial charge in [-0.1, -0.05) is 5.57 Å². The molecular formula is C7H6F3I. The number of alkyl halides is 3. The fourth-order valence-electron chi connectivity index (χ4n) is 0.879. The van der Waals surface area contributed by atoms with Crippen LogP contribution in [0.4, 0.5) is 13.2 Å². The van der Waals surface area contributed by atoms with Crippen molar-refractivity contribution in [3.63, 3.8) is 0 Å². The first-order chi connectivity index (χ1) is 4.91. The molecule has 62 valence electrons. The Morgan fingerprint density at radius 1 is 1.45 bits per heavy atom. The van der Waals surface area contributed by atoms with E-state index in [1.54, 1.807) is 6.92 Å². The van der Waals surface area contributed by atoms with E-state index in [-0.39, 0.29) is 6.42 Å². The zero-order chi connectivity index (χ0) is 8.65. The molecule has 0 heterocycles. The lowest BCUT2D eigenvalue weighted by atomic mass is 10.2. The van der Waals surface area contributed by atoms with Crippen LogP contribution >= 0.6 is 22.6 Å². The fourth-order valence-corrected chi connectivity index (χ4v) is 1.45. The molecule has 4 heteroatoms. The molecule has 0 amide bonds. The maximum atomic E-state index is 12.0. The largest absolute Gasteiger partial charge is 0.413 e. The Kier molecular flexibility index (Phi) is 2.32. The number of hydrogen-bond donors (Lipinski definition) is 0. The minimum atomic E-state index is -4.14. The van der Waals surface area contributed by atoms with Crippen molar-refractivity contribution in [2.24, 2.45) is 0 Å². The quantitative estimate of drug-likeness (QED) is 0.592. The van der Waals surface area contributed by atoms with Gasteiger partial charge in [-0.05, 0) is 42.0 Å². The lowest BCUT2D eigenvalue weighted by Crippen LogP contribution is -2.10. The Morgan fingerprint density at radius 2 is 2.00 bits per heavy atom. The van der Waals surface area contributed by atoms with E-state index in [1.165, 1.54) is 6.08 Å². The van der Waals surface area contributed by atoms with Crippen LogP contribution in [0.3, 0.4) is 0 Å². The van der Waals surface area contributed by atoms with Crippen molar-refractivity contribution in [3.05, 3.63) is 20.8 Å². The van der Waals surface area contributed by atoms with E-state index in [1.807, 2.05) is 22.6 Å². The van der Waals surface area contributed by atoms with Gasteiger partial charge in [0, 0.05) is 9.15 Å². The van der Waals surface area contributed by atoms with Gasteiger partial charge in [0.15, 0.2) is 0 Å². The third-order valence-electron chi connectivity index (χ3n) is 1.53. The first-order valence-electron chi connectivity index (χ1n) is 3.04.